The average molecular weight is 586 g/mol. The number of aliphatic hydroxyl groups is 1. The number of carbonyl (C=O) groups is 1. The number of pyridine rings is 1. The smallest absolute Gasteiger partial charge is 0.315 e. The van der Waals surface area contributed by atoms with Crippen LogP contribution in [0.4, 0.5) is 4.79 Å². The summed E-state index contributed by atoms with van der Waals surface area (Å²) in [6.07, 6.45) is 0.451. The number of urea groups is 1. The largest absolute Gasteiger partial charge is 0.618 e. The lowest BCUT2D eigenvalue weighted by Crippen LogP contribution is -2.39. The maximum Gasteiger partial charge on any atom is 0.315 e. The van der Waals surface area contributed by atoms with Crippen LogP contribution in [0, 0.1) is 11.1 Å². The van der Waals surface area contributed by atoms with Gasteiger partial charge in [0.2, 0.25) is 0 Å². The van der Waals surface area contributed by atoms with E-state index < -0.39 is 6.29 Å². The van der Waals surface area contributed by atoms with E-state index in [-0.39, 0.29) is 30.8 Å². The van der Waals surface area contributed by atoms with Crippen LogP contribution < -0.4 is 15.4 Å². The molecule has 4 aromatic rings. The second kappa shape index (κ2) is 14.3. The van der Waals surface area contributed by atoms with Crippen molar-refractivity contribution in [3.05, 3.63) is 136 Å². The standard InChI is InChI=1S/C33H35N3O5S/c1-23-29(22-42-30-9-5-6-18-36(30)39)40-32(41-31(23)27-14-12-26(21-37)13-15-27)28-16-10-25(11-17-28)20-35-33(38)34-19-24-7-3-2-4-8-24/h2-18,23,29,31-32,37H,19-22H2,1H3,(H2,34,35,38)/t23-,29+,31+,32+/m0/s1. The fourth-order valence-electron chi connectivity index (χ4n) is 4.82. The number of amides is 2. The highest BCUT2D eigenvalue weighted by atomic mass is 32.2. The van der Waals surface area contributed by atoms with Crippen molar-refractivity contribution in [3.63, 3.8) is 0 Å². The molecule has 2 amide bonds. The maximum atomic E-state index is 12.3. The molecular formula is C33H35N3O5S. The van der Waals surface area contributed by atoms with Crippen molar-refractivity contribution in [3.8, 4) is 0 Å². The molecule has 9 heteroatoms. The van der Waals surface area contributed by atoms with Crippen LogP contribution in [0.15, 0.2) is 108 Å². The van der Waals surface area contributed by atoms with E-state index in [1.54, 1.807) is 12.1 Å². The quantitative estimate of drug-likeness (QED) is 0.131. The molecule has 218 valence electrons. The number of carbonyl (C=O) groups excluding carboxylic acids is 1. The molecule has 1 aromatic heterocycles. The first-order valence-electron chi connectivity index (χ1n) is 14.0. The van der Waals surface area contributed by atoms with Crippen LogP contribution in [-0.4, -0.2) is 23.0 Å². The molecule has 1 aliphatic heterocycles. The Hall–Kier alpha value is -3.89. The number of rotatable bonds is 10. The Labute approximate surface area is 250 Å². The van der Waals surface area contributed by atoms with Gasteiger partial charge in [0.1, 0.15) is 0 Å². The van der Waals surface area contributed by atoms with Crippen molar-refractivity contribution >= 4 is 17.8 Å². The fourth-order valence-corrected chi connectivity index (χ4v) is 5.90. The number of hydrogen-bond acceptors (Lipinski definition) is 6. The van der Waals surface area contributed by atoms with Gasteiger partial charge in [0.25, 0.3) is 5.03 Å². The van der Waals surface area contributed by atoms with Gasteiger partial charge in [-0.1, -0.05) is 97.5 Å². The third-order valence-corrected chi connectivity index (χ3v) is 8.42. The SMILES string of the molecule is C[C@H]1[C@@H](CSc2cccc[n+]2[O-])O[C@@H](c2ccc(CNC(=O)NCc3ccccc3)cc2)O[C@H]1c1ccc(CO)cc1. The second-order valence-corrected chi connectivity index (χ2v) is 11.3. The molecule has 42 heavy (non-hydrogen) atoms. The Balaban J connectivity index is 1.25. The zero-order valence-electron chi connectivity index (χ0n) is 23.4. The van der Waals surface area contributed by atoms with E-state index in [0.717, 1.165) is 32.5 Å². The van der Waals surface area contributed by atoms with Crippen LogP contribution >= 0.6 is 11.8 Å². The summed E-state index contributed by atoms with van der Waals surface area (Å²) in [5, 5.41) is 28.1. The summed E-state index contributed by atoms with van der Waals surface area (Å²) in [5.41, 5.74) is 4.69. The van der Waals surface area contributed by atoms with Crippen LogP contribution in [0.25, 0.3) is 0 Å². The highest BCUT2D eigenvalue weighted by Crippen LogP contribution is 2.42. The molecule has 1 saturated heterocycles. The Morgan fingerprint density at radius 1 is 0.833 bits per heavy atom. The molecule has 4 atom stereocenters. The number of thioether (sulfide) groups is 1. The van der Waals surface area contributed by atoms with Crippen LogP contribution in [-0.2, 0) is 29.2 Å². The average Bonchev–Trinajstić information content (AvgIpc) is 3.04. The topological polar surface area (TPSA) is 107 Å². The number of nitrogens with zero attached hydrogens (tertiary/aromatic N) is 1. The lowest BCUT2D eigenvalue weighted by molar-refractivity contribution is -0.645. The van der Waals surface area contributed by atoms with Crippen molar-refractivity contribution in [1.29, 1.82) is 0 Å². The Bertz CT molecular complexity index is 1440. The van der Waals surface area contributed by atoms with Crippen LogP contribution in [0.2, 0.25) is 0 Å². The van der Waals surface area contributed by atoms with E-state index in [1.165, 1.54) is 18.0 Å². The molecule has 2 heterocycles. The lowest BCUT2D eigenvalue weighted by Gasteiger charge is -2.41. The third-order valence-electron chi connectivity index (χ3n) is 7.31. The first-order chi connectivity index (χ1) is 20.5. The van der Waals surface area contributed by atoms with E-state index in [2.05, 4.69) is 17.6 Å². The van der Waals surface area contributed by atoms with Crippen molar-refractivity contribution in [2.75, 3.05) is 5.75 Å². The molecule has 3 N–H and O–H groups in total. The van der Waals surface area contributed by atoms with Gasteiger partial charge in [-0.2, -0.15) is 4.73 Å². The summed E-state index contributed by atoms with van der Waals surface area (Å²) < 4.78 is 13.9. The van der Waals surface area contributed by atoms with Gasteiger partial charge < -0.3 is 30.4 Å². The van der Waals surface area contributed by atoms with Gasteiger partial charge in [0.05, 0.1) is 18.8 Å². The van der Waals surface area contributed by atoms with E-state index in [1.807, 2.05) is 84.9 Å². The van der Waals surface area contributed by atoms with Gasteiger partial charge in [0.15, 0.2) is 12.5 Å². The summed E-state index contributed by atoms with van der Waals surface area (Å²) >= 11 is 1.46. The minimum absolute atomic E-state index is 0.00964. The van der Waals surface area contributed by atoms with Gasteiger partial charge in [-0.05, 0) is 28.3 Å². The van der Waals surface area contributed by atoms with Gasteiger partial charge in [-0.25, -0.2) is 4.79 Å². The predicted molar refractivity (Wildman–Crippen MR) is 161 cm³/mol. The lowest BCUT2D eigenvalue weighted by atomic mass is 9.91. The maximum absolute atomic E-state index is 12.3. The molecule has 0 aliphatic carbocycles. The van der Waals surface area contributed by atoms with Gasteiger partial charge in [-0.15, -0.1) is 0 Å². The monoisotopic (exact) mass is 585 g/mol. The molecule has 0 saturated carbocycles. The van der Waals surface area contributed by atoms with E-state index in [4.69, 9.17) is 9.47 Å². The normalized spacial score (nSPS) is 20.1. The molecule has 0 bridgehead atoms. The van der Waals surface area contributed by atoms with Crippen LogP contribution in [0.1, 0.15) is 47.1 Å². The molecular weight excluding hydrogens is 550 g/mol. The van der Waals surface area contributed by atoms with E-state index in [9.17, 15) is 15.1 Å². The number of nitrogens with one attached hydrogen (secondary N) is 2. The molecule has 0 unspecified atom stereocenters. The first kappa shape index (κ1) is 29.6. The molecule has 1 fully saturated rings. The zero-order valence-corrected chi connectivity index (χ0v) is 24.2. The number of benzene rings is 3. The summed E-state index contributed by atoms with van der Waals surface area (Å²) in [6, 6.07) is 30.5. The summed E-state index contributed by atoms with van der Waals surface area (Å²) in [5.74, 6) is 0.592. The van der Waals surface area contributed by atoms with Gasteiger partial charge in [-0.3, -0.25) is 0 Å². The predicted octanol–water partition coefficient (Wildman–Crippen LogP) is 5.40. The zero-order chi connectivity index (χ0) is 29.3. The summed E-state index contributed by atoms with van der Waals surface area (Å²) in [7, 11) is 0. The number of hydrogen-bond donors (Lipinski definition) is 3. The molecule has 0 spiro atoms. The third kappa shape index (κ3) is 7.68. The minimum atomic E-state index is -0.611. The summed E-state index contributed by atoms with van der Waals surface area (Å²) in [6.45, 7) is 2.92. The molecule has 8 nitrogen and oxygen atoms in total. The fraction of sp³-hybridized carbons (Fsp3) is 0.273. The van der Waals surface area contributed by atoms with Crippen molar-refractivity contribution in [2.24, 2.45) is 5.92 Å². The van der Waals surface area contributed by atoms with Crippen molar-refractivity contribution in [2.45, 2.75) is 50.1 Å². The number of ether oxygens (including phenoxy) is 2. The van der Waals surface area contributed by atoms with Crippen molar-refractivity contribution in [1.82, 2.24) is 10.6 Å². The molecule has 3 aromatic carbocycles. The first-order valence-corrected chi connectivity index (χ1v) is 14.9. The van der Waals surface area contributed by atoms with Crippen molar-refractivity contribution < 1.29 is 24.1 Å². The number of aromatic nitrogens is 1. The van der Waals surface area contributed by atoms with Gasteiger partial charge >= 0.3 is 6.03 Å². The van der Waals surface area contributed by atoms with E-state index in [0.29, 0.717) is 23.9 Å². The van der Waals surface area contributed by atoms with Crippen LogP contribution in [0.3, 0.4) is 0 Å². The Kier molecular flexibility index (Phi) is 10.1. The van der Waals surface area contributed by atoms with Crippen LogP contribution in [0.5, 0.6) is 0 Å². The highest BCUT2D eigenvalue weighted by Gasteiger charge is 2.38. The number of aliphatic hydroxyl groups excluding tert-OH is 1. The second-order valence-electron chi connectivity index (χ2n) is 10.3. The Morgan fingerprint density at radius 3 is 2.12 bits per heavy atom. The molecule has 0 radical (unpaired) electrons. The Morgan fingerprint density at radius 2 is 1.45 bits per heavy atom. The summed E-state index contributed by atoms with van der Waals surface area (Å²) in [4.78, 5) is 12.3. The molecule has 1 aliphatic rings. The minimum Gasteiger partial charge on any atom is -0.618 e. The molecule has 5 rings (SSSR count). The van der Waals surface area contributed by atoms with Gasteiger partial charge in [0, 0.05) is 42.5 Å². The highest BCUT2D eigenvalue weighted by molar-refractivity contribution is 7.99. The van der Waals surface area contributed by atoms with E-state index >= 15 is 0 Å².